The molecule has 0 N–H and O–H groups in total. The first-order chi connectivity index (χ1) is 5.24. The first kappa shape index (κ1) is 10.2. The topological polar surface area (TPSA) is 0 Å². The molecule has 3 heteroatoms. The molecule has 0 saturated carbocycles. The van der Waals surface area contributed by atoms with Crippen LogP contribution in [0.1, 0.15) is 12.5 Å². The zero-order chi connectivity index (χ0) is 8.27. The number of aryl methyl sites for hydroxylation is 1. The molecule has 0 spiro atoms. The monoisotopic (exact) mass is 468 g/mol. The van der Waals surface area contributed by atoms with Crippen molar-refractivity contribution in [3.05, 3.63) is 29.8 Å². The summed E-state index contributed by atoms with van der Waals surface area (Å²) < 4.78 is 1.49. The molecule has 1 aromatic rings. The summed E-state index contributed by atoms with van der Waals surface area (Å²) in [6.07, 6.45) is 1.13. The minimum atomic E-state index is -1.66. The summed E-state index contributed by atoms with van der Waals surface area (Å²) in [6, 6.07) is 8.89. The molecule has 0 nitrogen and oxygen atoms in total. The van der Waals surface area contributed by atoms with Gasteiger partial charge in [0.2, 0.25) is 0 Å². The maximum absolute atomic E-state index is 3.67. The summed E-state index contributed by atoms with van der Waals surface area (Å²) >= 11 is 5.67. The third kappa shape index (κ3) is 3.14. The first-order valence-electron chi connectivity index (χ1n) is 3.61. The third-order valence-corrected chi connectivity index (χ3v) is 14.4. The molecular weight excluding hydrogens is 460 g/mol. The predicted molar refractivity (Wildman–Crippen MR) is 59.1 cm³/mol. The molecule has 1 rings (SSSR count). The average Bonchev–Trinajstić information content (AvgIpc) is 2.05. The molecular formula is C8H9Br2Tl. The van der Waals surface area contributed by atoms with Gasteiger partial charge in [-0.15, -0.1) is 0 Å². The van der Waals surface area contributed by atoms with E-state index >= 15 is 0 Å². The summed E-state index contributed by atoms with van der Waals surface area (Å²) in [7, 11) is 0. The molecule has 0 aromatic heterocycles. The van der Waals surface area contributed by atoms with E-state index in [-0.39, 0.29) is 0 Å². The second-order valence-corrected chi connectivity index (χ2v) is 34.2. The van der Waals surface area contributed by atoms with Gasteiger partial charge in [-0.05, 0) is 0 Å². The Kier molecular flexibility index (Phi) is 4.60. The molecule has 0 atom stereocenters. The van der Waals surface area contributed by atoms with Crippen LogP contribution in [0.25, 0.3) is 0 Å². The van der Waals surface area contributed by atoms with Crippen molar-refractivity contribution in [2.75, 3.05) is 0 Å². The zero-order valence-electron chi connectivity index (χ0n) is 6.35. The van der Waals surface area contributed by atoms with Crippen LogP contribution in [-0.4, -0.2) is 17.9 Å². The number of benzene rings is 1. The molecule has 0 amide bonds. The van der Waals surface area contributed by atoms with Gasteiger partial charge in [-0.25, -0.2) is 0 Å². The van der Waals surface area contributed by atoms with E-state index < -0.39 is 17.9 Å². The Morgan fingerprint density at radius 2 is 1.73 bits per heavy atom. The summed E-state index contributed by atoms with van der Waals surface area (Å²) in [5, 5.41) is 0. The Balaban J connectivity index is 2.83. The molecule has 0 heterocycles. The standard InChI is InChI=1S/C8H9.2BrH.Tl/c1-2-8-6-4-3-5-7-8;;;/h4-7H,2H2,1H3;2*1H;/q;;;+2/p-2. The third-order valence-electron chi connectivity index (χ3n) is 1.64. The van der Waals surface area contributed by atoms with E-state index in [9.17, 15) is 0 Å². The fraction of sp³-hybridized carbons (Fsp3) is 0.250. The van der Waals surface area contributed by atoms with E-state index in [1.807, 2.05) is 0 Å². The van der Waals surface area contributed by atoms with Gasteiger partial charge in [-0.3, -0.25) is 0 Å². The van der Waals surface area contributed by atoms with Crippen LogP contribution in [0, 0.1) is 0 Å². The van der Waals surface area contributed by atoms with E-state index in [1.165, 1.54) is 8.69 Å². The number of halogens is 2. The molecule has 0 aliphatic rings. The minimum absolute atomic E-state index is 1.13. The molecule has 0 saturated heterocycles. The Bertz CT molecular complexity index is 218. The van der Waals surface area contributed by atoms with Gasteiger partial charge in [0.15, 0.2) is 0 Å². The van der Waals surface area contributed by atoms with E-state index in [0.29, 0.717) is 0 Å². The van der Waals surface area contributed by atoms with Crippen molar-refractivity contribution in [2.24, 2.45) is 0 Å². The van der Waals surface area contributed by atoms with Crippen LogP contribution in [-0.2, 0) is 6.42 Å². The SMILES string of the molecule is CCc1cc[c]([Tl]([Br])[Br])cc1. The van der Waals surface area contributed by atoms with Crippen LogP contribution in [0.2, 0.25) is 0 Å². The van der Waals surface area contributed by atoms with Crippen LogP contribution in [0.5, 0.6) is 0 Å². The molecule has 0 fully saturated rings. The van der Waals surface area contributed by atoms with Gasteiger partial charge in [0.05, 0.1) is 0 Å². The van der Waals surface area contributed by atoms with Crippen molar-refractivity contribution >= 4 is 45.0 Å². The van der Waals surface area contributed by atoms with E-state index in [4.69, 9.17) is 0 Å². The second kappa shape index (κ2) is 4.97. The summed E-state index contributed by atoms with van der Waals surface area (Å²) in [4.78, 5) is 0. The van der Waals surface area contributed by atoms with Gasteiger partial charge in [-0.1, -0.05) is 0 Å². The Hall–Kier alpha value is 1.10. The molecule has 0 radical (unpaired) electrons. The molecule has 0 aliphatic carbocycles. The van der Waals surface area contributed by atoms with Gasteiger partial charge in [0.1, 0.15) is 0 Å². The number of hydrogen-bond acceptors (Lipinski definition) is 0. The summed E-state index contributed by atoms with van der Waals surface area (Å²) in [6.45, 7) is 2.18. The van der Waals surface area contributed by atoms with Crippen LogP contribution >= 0.6 is 24.0 Å². The zero-order valence-corrected chi connectivity index (χ0v) is 14.0. The van der Waals surface area contributed by atoms with E-state index in [0.717, 1.165) is 6.42 Å². The van der Waals surface area contributed by atoms with E-state index in [1.54, 1.807) is 0 Å². The fourth-order valence-electron chi connectivity index (χ4n) is 0.899. The van der Waals surface area contributed by atoms with E-state index in [2.05, 4.69) is 55.2 Å². The van der Waals surface area contributed by atoms with Crippen molar-refractivity contribution < 1.29 is 0 Å². The molecule has 58 valence electrons. The van der Waals surface area contributed by atoms with Gasteiger partial charge < -0.3 is 0 Å². The van der Waals surface area contributed by atoms with Crippen molar-refractivity contribution in [2.45, 2.75) is 13.3 Å². The van der Waals surface area contributed by atoms with Crippen molar-refractivity contribution in [3.8, 4) is 0 Å². The summed E-state index contributed by atoms with van der Waals surface area (Å²) in [5.41, 5.74) is 1.42. The van der Waals surface area contributed by atoms with Gasteiger partial charge in [0.25, 0.3) is 0 Å². The molecule has 0 bridgehead atoms. The van der Waals surface area contributed by atoms with Gasteiger partial charge in [-0.2, -0.15) is 0 Å². The summed E-state index contributed by atoms with van der Waals surface area (Å²) in [5.74, 6) is 0. The molecule has 0 aliphatic heterocycles. The van der Waals surface area contributed by atoms with Gasteiger partial charge in [0, 0.05) is 0 Å². The average molecular weight is 469 g/mol. The molecule has 0 unspecified atom stereocenters. The Morgan fingerprint density at radius 3 is 2.09 bits per heavy atom. The fourth-order valence-corrected chi connectivity index (χ4v) is 8.13. The molecule has 1 aromatic carbocycles. The van der Waals surface area contributed by atoms with Crippen molar-refractivity contribution in [3.63, 3.8) is 0 Å². The van der Waals surface area contributed by atoms with Crippen LogP contribution in [0.4, 0.5) is 0 Å². The van der Waals surface area contributed by atoms with Crippen LogP contribution in [0.3, 0.4) is 0 Å². The second-order valence-electron chi connectivity index (χ2n) is 2.40. The quantitative estimate of drug-likeness (QED) is 0.585. The predicted octanol–water partition coefficient (Wildman–Crippen LogP) is 2.73. The van der Waals surface area contributed by atoms with Crippen LogP contribution in [0.15, 0.2) is 24.3 Å². The normalized spacial score (nSPS) is 9.73. The van der Waals surface area contributed by atoms with Gasteiger partial charge >= 0.3 is 88.2 Å². The first-order valence-corrected chi connectivity index (χ1v) is 25.3. The van der Waals surface area contributed by atoms with Crippen molar-refractivity contribution in [1.82, 2.24) is 0 Å². The Morgan fingerprint density at radius 1 is 1.18 bits per heavy atom. The van der Waals surface area contributed by atoms with Crippen molar-refractivity contribution in [1.29, 1.82) is 0 Å². The molecule has 11 heavy (non-hydrogen) atoms. The number of hydrogen-bond donors (Lipinski definition) is 0. The number of rotatable bonds is 2. The maximum atomic E-state index is 3.67. The van der Waals surface area contributed by atoms with Crippen LogP contribution < -0.4 is 3.12 Å². The Labute approximate surface area is 87.1 Å².